The van der Waals surface area contributed by atoms with Crippen molar-refractivity contribution in [3.63, 3.8) is 0 Å². The average molecular weight is 288 g/mol. The maximum Gasteiger partial charge on any atom is 0.123 e. The summed E-state index contributed by atoms with van der Waals surface area (Å²) in [5.41, 5.74) is 5.83. The quantitative estimate of drug-likeness (QED) is 0.550. The van der Waals surface area contributed by atoms with E-state index in [4.69, 9.17) is 0 Å². The maximum absolute atomic E-state index is 13.2. The van der Waals surface area contributed by atoms with E-state index in [2.05, 4.69) is 29.1 Å². The van der Waals surface area contributed by atoms with Gasteiger partial charge in [-0.3, -0.25) is 0 Å². The minimum atomic E-state index is -0.176. The van der Waals surface area contributed by atoms with E-state index in [1.807, 2.05) is 13.0 Å². The molecule has 96 valence electrons. The van der Waals surface area contributed by atoms with Crippen LogP contribution < -0.4 is 0 Å². The molecule has 0 spiro atoms. The Balaban J connectivity index is 2.14. The molecule has 0 amide bonds. The van der Waals surface area contributed by atoms with Crippen LogP contribution in [0.15, 0.2) is 40.4 Å². The van der Waals surface area contributed by atoms with E-state index >= 15 is 0 Å². The second kappa shape index (κ2) is 4.91. The zero-order valence-corrected chi connectivity index (χ0v) is 12.4. The van der Waals surface area contributed by atoms with Crippen molar-refractivity contribution in [3.8, 4) is 21.6 Å². The molecular formula is C16H13FS2. The molecule has 0 unspecified atom stereocenters. The first-order chi connectivity index (χ1) is 9.15. The highest BCUT2D eigenvalue weighted by Gasteiger charge is 2.12. The van der Waals surface area contributed by atoms with Crippen LogP contribution >= 0.6 is 22.7 Å². The van der Waals surface area contributed by atoms with Gasteiger partial charge in [-0.2, -0.15) is 11.3 Å². The molecule has 2 heterocycles. The molecule has 0 bridgehead atoms. The number of hydrogen-bond donors (Lipinski definition) is 0. The Hall–Kier alpha value is -1.45. The number of thiophene rings is 2. The summed E-state index contributed by atoms with van der Waals surface area (Å²) >= 11 is 3.45. The van der Waals surface area contributed by atoms with E-state index in [1.165, 1.54) is 27.6 Å². The molecule has 0 atom stereocenters. The van der Waals surface area contributed by atoms with E-state index in [0.29, 0.717) is 0 Å². The maximum atomic E-state index is 13.2. The third-order valence-electron chi connectivity index (χ3n) is 3.14. The summed E-state index contributed by atoms with van der Waals surface area (Å²) in [7, 11) is 0. The summed E-state index contributed by atoms with van der Waals surface area (Å²) < 4.78 is 13.2. The molecule has 0 aliphatic carbocycles. The lowest BCUT2D eigenvalue weighted by Crippen LogP contribution is -1.85. The molecule has 0 radical (unpaired) electrons. The SMILES string of the molecule is Cc1csc(-c2cscc2-c2ccc(F)cc2C)c1. The van der Waals surface area contributed by atoms with Gasteiger partial charge in [0.05, 0.1) is 0 Å². The fourth-order valence-corrected chi connectivity index (χ4v) is 4.05. The van der Waals surface area contributed by atoms with Crippen molar-refractivity contribution >= 4 is 22.7 Å². The smallest absolute Gasteiger partial charge is 0.123 e. The average Bonchev–Trinajstić information content (AvgIpc) is 2.97. The summed E-state index contributed by atoms with van der Waals surface area (Å²) in [6.45, 7) is 4.06. The third-order valence-corrected chi connectivity index (χ3v) is 4.96. The first-order valence-corrected chi connectivity index (χ1v) is 7.85. The first kappa shape index (κ1) is 12.6. The minimum absolute atomic E-state index is 0.176. The van der Waals surface area contributed by atoms with Crippen LogP contribution in [0.3, 0.4) is 0 Å². The van der Waals surface area contributed by atoms with Crippen LogP contribution in [0, 0.1) is 19.7 Å². The van der Waals surface area contributed by atoms with E-state index in [1.54, 1.807) is 28.7 Å². The molecule has 2 aromatic heterocycles. The summed E-state index contributed by atoms with van der Waals surface area (Å²) in [6, 6.07) is 7.20. The topological polar surface area (TPSA) is 0 Å². The van der Waals surface area contributed by atoms with Crippen molar-refractivity contribution in [1.29, 1.82) is 0 Å². The van der Waals surface area contributed by atoms with Crippen molar-refractivity contribution in [2.45, 2.75) is 13.8 Å². The Morgan fingerprint density at radius 2 is 1.68 bits per heavy atom. The monoisotopic (exact) mass is 288 g/mol. The van der Waals surface area contributed by atoms with Crippen molar-refractivity contribution in [2.24, 2.45) is 0 Å². The van der Waals surface area contributed by atoms with Crippen LogP contribution in [0.4, 0.5) is 4.39 Å². The lowest BCUT2D eigenvalue weighted by Gasteiger charge is -2.06. The van der Waals surface area contributed by atoms with E-state index in [-0.39, 0.29) is 5.82 Å². The number of halogens is 1. The third kappa shape index (κ3) is 2.36. The predicted octanol–water partition coefficient (Wildman–Crippen LogP) is 5.90. The molecule has 0 nitrogen and oxygen atoms in total. The van der Waals surface area contributed by atoms with Crippen LogP contribution in [-0.2, 0) is 0 Å². The van der Waals surface area contributed by atoms with Crippen LogP contribution in [-0.4, -0.2) is 0 Å². The molecular weight excluding hydrogens is 275 g/mol. The Morgan fingerprint density at radius 3 is 2.37 bits per heavy atom. The van der Waals surface area contributed by atoms with Gasteiger partial charge >= 0.3 is 0 Å². The number of hydrogen-bond acceptors (Lipinski definition) is 2. The van der Waals surface area contributed by atoms with Crippen LogP contribution in [0.25, 0.3) is 21.6 Å². The Morgan fingerprint density at radius 1 is 0.895 bits per heavy atom. The molecule has 0 saturated carbocycles. The highest BCUT2D eigenvalue weighted by molar-refractivity contribution is 7.14. The van der Waals surface area contributed by atoms with Crippen molar-refractivity contribution in [3.05, 3.63) is 57.3 Å². The molecule has 0 aliphatic rings. The fraction of sp³-hybridized carbons (Fsp3) is 0.125. The number of rotatable bonds is 2. The molecule has 0 saturated heterocycles. The van der Waals surface area contributed by atoms with E-state index < -0.39 is 0 Å². The Kier molecular flexibility index (Phi) is 3.25. The summed E-state index contributed by atoms with van der Waals surface area (Å²) in [5, 5.41) is 6.47. The van der Waals surface area contributed by atoms with Gasteiger partial charge in [-0.15, -0.1) is 11.3 Å². The normalized spacial score (nSPS) is 10.9. The molecule has 0 N–H and O–H groups in total. The van der Waals surface area contributed by atoms with Gasteiger partial charge < -0.3 is 0 Å². The first-order valence-electron chi connectivity index (χ1n) is 6.03. The lowest BCUT2D eigenvalue weighted by molar-refractivity contribution is 0.627. The molecule has 0 aliphatic heterocycles. The molecule has 1 aromatic carbocycles. The van der Waals surface area contributed by atoms with Gasteiger partial charge in [0.2, 0.25) is 0 Å². The van der Waals surface area contributed by atoms with Crippen molar-refractivity contribution in [1.82, 2.24) is 0 Å². The van der Waals surface area contributed by atoms with Gasteiger partial charge in [-0.1, -0.05) is 6.07 Å². The second-order valence-corrected chi connectivity index (χ2v) is 6.30. The highest BCUT2D eigenvalue weighted by atomic mass is 32.1. The van der Waals surface area contributed by atoms with Crippen LogP contribution in [0.1, 0.15) is 11.1 Å². The highest BCUT2D eigenvalue weighted by Crippen LogP contribution is 2.39. The fourth-order valence-electron chi connectivity index (χ4n) is 2.20. The van der Waals surface area contributed by atoms with Gasteiger partial charge in [0.25, 0.3) is 0 Å². The summed E-state index contributed by atoms with van der Waals surface area (Å²) in [6.07, 6.45) is 0. The molecule has 0 fully saturated rings. The van der Waals surface area contributed by atoms with Crippen LogP contribution in [0.5, 0.6) is 0 Å². The lowest BCUT2D eigenvalue weighted by atomic mass is 9.99. The largest absolute Gasteiger partial charge is 0.207 e. The number of aryl methyl sites for hydroxylation is 2. The van der Waals surface area contributed by atoms with Gasteiger partial charge in [0.1, 0.15) is 5.82 Å². The zero-order chi connectivity index (χ0) is 13.4. The van der Waals surface area contributed by atoms with Crippen molar-refractivity contribution < 1.29 is 4.39 Å². The standard InChI is InChI=1S/C16H13FS2/c1-10-5-16(19-7-10)15-9-18-8-14(15)13-4-3-12(17)6-11(13)2/h3-9H,1-2H3. The Bertz CT molecular complexity index is 722. The molecule has 3 aromatic rings. The molecule has 3 rings (SSSR count). The predicted molar refractivity (Wildman–Crippen MR) is 82.5 cm³/mol. The summed E-state index contributed by atoms with van der Waals surface area (Å²) in [4.78, 5) is 1.28. The number of benzene rings is 1. The van der Waals surface area contributed by atoms with Gasteiger partial charge in [-0.25, -0.2) is 4.39 Å². The summed E-state index contributed by atoms with van der Waals surface area (Å²) in [5.74, 6) is -0.176. The minimum Gasteiger partial charge on any atom is -0.207 e. The molecule has 19 heavy (non-hydrogen) atoms. The second-order valence-electron chi connectivity index (χ2n) is 4.65. The zero-order valence-electron chi connectivity index (χ0n) is 10.7. The van der Waals surface area contributed by atoms with Gasteiger partial charge in [0.15, 0.2) is 0 Å². The molecule has 3 heteroatoms. The van der Waals surface area contributed by atoms with Crippen LogP contribution in [0.2, 0.25) is 0 Å². The van der Waals surface area contributed by atoms with E-state index in [0.717, 1.165) is 11.1 Å². The van der Waals surface area contributed by atoms with Gasteiger partial charge in [-0.05, 0) is 64.9 Å². The van der Waals surface area contributed by atoms with Crippen molar-refractivity contribution in [2.75, 3.05) is 0 Å². The van der Waals surface area contributed by atoms with Gasteiger partial charge in [0, 0.05) is 16.0 Å². The van der Waals surface area contributed by atoms with E-state index in [9.17, 15) is 4.39 Å². The Labute approximate surface area is 120 Å².